The van der Waals surface area contributed by atoms with Crippen LogP contribution in [0.15, 0.2) is 10.9 Å². The number of carbonyl (C=O) groups excluding carboxylic acids is 1. The third-order valence-corrected chi connectivity index (χ3v) is 1.68. The summed E-state index contributed by atoms with van der Waals surface area (Å²) in [6.45, 7) is 1.63. The Balaban J connectivity index is 2.79. The summed E-state index contributed by atoms with van der Waals surface area (Å²) in [7, 11) is 0. The van der Waals surface area contributed by atoms with Crippen LogP contribution in [-0.4, -0.2) is 11.5 Å². The predicted molar refractivity (Wildman–Crippen MR) is 37.4 cm³/mol. The normalized spacial score (nSPS) is 25.9. The summed E-state index contributed by atoms with van der Waals surface area (Å²) in [5.41, 5.74) is -0.514. The number of carbonyl (C=O) groups is 1. The first-order valence-electron chi connectivity index (χ1n) is 2.59. The monoisotopic (exact) mass is 181 g/mol. The maximum absolute atomic E-state index is 10.7. The van der Waals surface area contributed by atoms with E-state index in [1.165, 1.54) is 0 Å². The fraction of sp³-hybridized carbons (Fsp3) is 0.400. The van der Waals surface area contributed by atoms with E-state index < -0.39 is 5.56 Å². The van der Waals surface area contributed by atoms with Crippen molar-refractivity contribution in [1.29, 1.82) is 0 Å². The molecule has 0 aromatic rings. The Morgan fingerprint density at radius 1 is 1.70 bits per heavy atom. The Kier molecular flexibility index (Phi) is 2.06. The van der Waals surface area contributed by atoms with Crippen molar-refractivity contribution < 1.29 is 9.53 Å². The van der Waals surface area contributed by atoms with Crippen LogP contribution in [0.1, 0.15) is 6.92 Å². The Morgan fingerprint density at radius 2 is 2.30 bits per heavy atom. The summed E-state index contributed by atoms with van der Waals surface area (Å²) in [5, 5.41) is 2.57. The highest BCUT2D eigenvalue weighted by atomic mass is 35.5. The molecule has 1 aliphatic rings. The molecule has 56 valence electrons. The van der Waals surface area contributed by atoms with E-state index in [9.17, 15) is 4.79 Å². The molecule has 1 rings (SSSR count). The number of halogens is 2. The summed E-state index contributed by atoms with van der Waals surface area (Å²) in [4.78, 5) is 10.7. The molecule has 10 heavy (non-hydrogen) atoms. The minimum Gasteiger partial charge on any atom is -0.452 e. The average molecular weight is 182 g/mol. The predicted octanol–water partition coefficient (Wildman–Crippen LogP) is 1.13. The van der Waals surface area contributed by atoms with Gasteiger partial charge in [-0.2, -0.15) is 0 Å². The van der Waals surface area contributed by atoms with Gasteiger partial charge in [-0.05, 0) is 18.5 Å². The lowest BCUT2D eigenvalue weighted by Crippen LogP contribution is -2.36. The van der Waals surface area contributed by atoms with Crippen LogP contribution in [0.3, 0.4) is 0 Å². The lowest BCUT2D eigenvalue weighted by molar-refractivity contribution is -0.126. The van der Waals surface area contributed by atoms with Gasteiger partial charge >= 0.3 is 0 Å². The van der Waals surface area contributed by atoms with Crippen molar-refractivity contribution in [3.63, 3.8) is 0 Å². The minimum atomic E-state index is -1.00. The average Bonchev–Trinajstić information content (AvgIpc) is 1.84. The van der Waals surface area contributed by atoms with Crippen LogP contribution in [0.25, 0.3) is 0 Å². The van der Waals surface area contributed by atoms with Crippen LogP contribution in [0.2, 0.25) is 0 Å². The molecule has 1 unspecified atom stereocenters. The van der Waals surface area contributed by atoms with Crippen LogP contribution in [0, 0.1) is 0 Å². The van der Waals surface area contributed by atoms with Crippen molar-refractivity contribution in [1.82, 2.24) is 5.32 Å². The van der Waals surface area contributed by atoms with Crippen LogP contribution in [0.4, 0.5) is 0 Å². The molecule has 0 bridgehead atoms. The lowest BCUT2D eigenvalue weighted by atomic mass is 10.4. The highest BCUT2D eigenvalue weighted by molar-refractivity contribution is 6.33. The van der Waals surface area contributed by atoms with Gasteiger partial charge in [0.2, 0.25) is 5.22 Å². The van der Waals surface area contributed by atoms with E-state index in [1.54, 1.807) is 6.92 Å². The van der Waals surface area contributed by atoms with E-state index in [4.69, 9.17) is 27.9 Å². The van der Waals surface area contributed by atoms with Crippen molar-refractivity contribution in [2.24, 2.45) is 0 Å². The maximum atomic E-state index is 10.7. The molecule has 0 aromatic carbocycles. The Bertz CT molecular complexity index is 202. The first-order chi connectivity index (χ1) is 4.61. The second kappa shape index (κ2) is 2.68. The van der Waals surface area contributed by atoms with E-state index in [2.05, 4.69) is 5.32 Å². The second-order valence-corrected chi connectivity index (χ2v) is 2.56. The van der Waals surface area contributed by atoms with Gasteiger partial charge in [0.25, 0.3) is 11.5 Å². The van der Waals surface area contributed by atoms with E-state index in [-0.39, 0.29) is 11.1 Å². The molecule has 1 amide bonds. The molecular formula is C5H5Cl2NO2. The molecule has 0 fully saturated rings. The largest absolute Gasteiger partial charge is 0.452 e. The number of rotatable bonds is 0. The molecule has 1 atom stereocenters. The van der Waals surface area contributed by atoms with Crippen LogP contribution in [0.5, 0.6) is 0 Å². The minimum absolute atomic E-state index is 0.139. The molecule has 0 aromatic heterocycles. The third kappa shape index (κ3) is 1.36. The molecule has 0 radical (unpaired) electrons. The number of allylic oxidation sites excluding steroid dienone is 1. The fourth-order valence-corrected chi connectivity index (χ4v) is 0.849. The first kappa shape index (κ1) is 7.69. The zero-order chi connectivity index (χ0) is 7.72. The number of hydrogen-bond donors (Lipinski definition) is 1. The number of ether oxygens (including phenoxy) is 1. The fourth-order valence-electron chi connectivity index (χ4n) is 0.523. The topological polar surface area (TPSA) is 38.3 Å². The SMILES string of the molecule is CC1=C(Cl)OC(Cl)C(=O)N1. The molecular weight excluding hydrogens is 177 g/mol. The summed E-state index contributed by atoms with van der Waals surface area (Å²) in [5.74, 6) is -0.386. The molecule has 0 spiro atoms. The van der Waals surface area contributed by atoms with Crippen molar-refractivity contribution in [3.05, 3.63) is 10.9 Å². The van der Waals surface area contributed by atoms with Gasteiger partial charge < -0.3 is 10.1 Å². The van der Waals surface area contributed by atoms with Crippen LogP contribution >= 0.6 is 23.2 Å². The van der Waals surface area contributed by atoms with E-state index in [0.717, 1.165) is 0 Å². The van der Waals surface area contributed by atoms with Gasteiger partial charge in [0.1, 0.15) is 0 Å². The van der Waals surface area contributed by atoms with E-state index in [0.29, 0.717) is 5.70 Å². The van der Waals surface area contributed by atoms with Crippen LogP contribution in [-0.2, 0) is 9.53 Å². The maximum Gasteiger partial charge on any atom is 0.281 e. The molecule has 1 aliphatic heterocycles. The number of nitrogens with one attached hydrogen (secondary N) is 1. The zero-order valence-electron chi connectivity index (χ0n) is 5.15. The molecule has 5 heteroatoms. The Hall–Kier alpha value is -0.410. The Morgan fingerprint density at radius 3 is 2.80 bits per heavy atom. The highest BCUT2D eigenvalue weighted by Gasteiger charge is 2.24. The van der Waals surface area contributed by atoms with Crippen molar-refractivity contribution in [2.45, 2.75) is 12.5 Å². The van der Waals surface area contributed by atoms with E-state index in [1.807, 2.05) is 0 Å². The summed E-state index contributed by atoms with van der Waals surface area (Å²) in [6, 6.07) is 0. The Labute approximate surface area is 67.9 Å². The lowest BCUT2D eigenvalue weighted by Gasteiger charge is -2.18. The van der Waals surface area contributed by atoms with Gasteiger partial charge in [-0.15, -0.1) is 0 Å². The molecule has 0 aliphatic carbocycles. The molecule has 0 saturated carbocycles. The van der Waals surface area contributed by atoms with Crippen molar-refractivity contribution in [3.8, 4) is 0 Å². The van der Waals surface area contributed by atoms with Crippen LogP contribution < -0.4 is 5.32 Å². The number of amides is 1. The van der Waals surface area contributed by atoms with Gasteiger partial charge in [0.05, 0.1) is 5.70 Å². The molecule has 0 saturated heterocycles. The molecule has 1 N–H and O–H groups in total. The molecule has 1 heterocycles. The summed E-state index contributed by atoms with van der Waals surface area (Å²) < 4.78 is 4.71. The van der Waals surface area contributed by atoms with Gasteiger partial charge in [-0.1, -0.05) is 11.6 Å². The van der Waals surface area contributed by atoms with Crippen molar-refractivity contribution in [2.75, 3.05) is 0 Å². The van der Waals surface area contributed by atoms with Gasteiger partial charge in [0.15, 0.2) is 0 Å². The highest BCUT2D eigenvalue weighted by Crippen LogP contribution is 2.18. The quantitative estimate of drug-likeness (QED) is 0.570. The van der Waals surface area contributed by atoms with E-state index >= 15 is 0 Å². The molecule has 3 nitrogen and oxygen atoms in total. The standard InChI is InChI=1S/C5H5Cl2NO2/c1-2-3(6)10-4(7)5(9)8-2/h4H,1H3,(H,8,9). The van der Waals surface area contributed by atoms with Gasteiger partial charge in [-0.25, -0.2) is 0 Å². The number of alkyl halides is 1. The first-order valence-corrected chi connectivity index (χ1v) is 3.40. The number of hydrogen-bond acceptors (Lipinski definition) is 2. The van der Waals surface area contributed by atoms with Gasteiger partial charge in [-0.3, -0.25) is 4.79 Å². The third-order valence-electron chi connectivity index (χ3n) is 1.02. The summed E-state index contributed by atoms with van der Waals surface area (Å²) in [6.07, 6.45) is 0. The second-order valence-electron chi connectivity index (χ2n) is 1.82. The van der Waals surface area contributed by atoms with Gasteiger partial charge in [0, 0.05) is 0 Å². The smallest absolute Gasteiger partial charge is 0.281 e. The summed E-state index contributed by atoms with van der Waals surface area (Å²) >= 11 is 10.9. The zero-order valence-corrected chi connectivity index (χ0v) is 6.66. The van der Waals surface area contributed by atoms with Crippen molar-refractivity contribution >= 4 is 29.1 Å².